The highest BCUT2D eigenvalue weighted by atomic mass is 79.9. The number of benzene rings is 2. The van der Waals surface area contributed by atoms with Gasteiger partial charge in [-0.2, -0.15) is 0 Å². The number of aromatic nitrogens is 1. The van der Waals surface area contributed by atoms with Crippen LogP contribution in [0.3, 0.4) is 0 Å². The molecule has 7 nitrogen and oxygen atoms in total. The van der Waals surface area contributed by atoms with Crippen LogP contribution in [0.1, 0.15) is 20.7 Å². The average molecular weight is 437 g/mol. The van der Waals surface area contributed by atoms with Crippen LogP contribution in [0.5, 0.6) is 0 Å². The molecule has 0 bridgehead atoms. The van der Waals surface area contributed by atoms with Crippen molar-refractivity contribution < 1.29 is 14.0 Å². The minimum absolute atomic E-state index is 0.0579. The SMILES string of the molecule is NC(=O)c1cc2cc(Br)ccc2o/c1=N\NC(=O)c1cnc2ccccc2c1. The van der Waals surface area contributed by atoms with Gasteiger partial charge in [-0.15, -0.1) is 5.10 Å². The second kappa shape index (κ2) is 7.24. The van der Waals surface area contributed by atoms with Gasteiger partial charge >= 0.3 is 0 Å². The van der Waals surface area contributed by atoms with Gasteiger partial charge in [-0.3, -0.25) is 14.6 Å². The summed E-state index contributed by atoms with van der Waals surface area (Å²) in [7, 11) is 0. The highest BCUT2D eigenvalue weighted by molar-refractivity contribution is 9.10. The number of carbonyl (C=O) groups is 2. The van der Waals surface area contributed by atoms with E-state index in [1.165, 1.54) is 6.20 Å². The summed E-state index contributed by atoms with van der Waals surface area (Å²) in [6.07, 6.45) is 1.46. The van der Waals surface area contributed by atoms with Gasteiger partial charge in [-0.1, -0.05) is 34.1 Å². The summed E-state index contributed by atoms with van der Waals surface area (Å²) in [5.41, 5.74) is 9.40. The molecular formula is C20H13BrN4O3. The van der Waals surface area contributed by atoms with Gasteiger partial charge in [-0.05, 0) is 36.4 Å². The van der Waals surface area contributed by atoms with E-state index in [4.69, 9.17) is 10.2 Å². The zero-order valence-electron chi connectivity index (χ0n) is 14.3. The van der Waals surface area contributed by atoms with E-state index in [1.54, 1.807) is 30.3 Å². The van der Waals surface area contributed by atoms with Crippen LogP contribution >= 0.6 is 15.9 Å². The lowest BCUT2D eigenvalue weighted by Crippen LogP contribution is -2.27. The molecule has 0 aliphatic heterocycles. The number of amides is 2. The predicted octanol–water partition coefficient (Wildman–Crippen LogP) is 3.09. The van der Waals surface area contributed by atoms with E-state index >= 15 is 0 Å². The van der Waals surface area contributed by atoms with Crippen molar-refractivity contribution in [1.82, 2.24) is 10.4 Å². The van der Waals surface area contributed by atoms with Crippen LogP contribution in [-0.4, -0.2) is 16.8 Å². The van der Waals surface area contributed by atoms with Crippen molar-refractivity contribution in [2.75, 3.05) is 0 Å². The molecule has 0 unspecified atom stereocenters. The number of pyridine rings is 1. The number of nitrogens with one attached hydrogen (secondary N) is 1. The maximum absolute atomic E-state index is 12.4. The Balaban J connectivity index is 1.72. The molecule has 0 saturated heterocycles. The number of halogens is 1. The number of fused-ring (bicyclic) bond motifs is 2. The fourth-order valence-corrected chi connectivity index (χ4v) is 3.10. The maximum atomic E-state index is 12.4. The minimum Gasteiger partial charge on any atom is -0.436 e. The van der Waals surface area contributed by atoms with Crippen LogP contribution in [0, 0.1) is 0 Å². The van der Waals surface area contributed by atoms with Gasteiger partial charge in [0.25, 0.3) is 11.8 Å². The number of rotatable bonds is 3. The molecule has 0 radical (unpaired) electrons. The molecule has 4 aromatic rings. The first-order valence-electron chi connectivity index (χ1n) is 8.23. The summed E-state index contributed by atoms with van der Waals surface area (Å²) < 4.78 is 6.47. The van der Waals surface area contributed by atoms with Gasteiger partial charge in [0.15, 0.2) is 0 Å². The van der Waals surface area contributed by atoms with E-state index in [9.17, 15) is 9.59 Å². The number of hydrogen-bond donors (Lipinski definition) is 2. The van der Waals surface area contributed by atoms with Gasteiger partial charge in [0.05, 0.1) is 11.1 Å². The lowest BCUT2D eigenvalue weighted by atomic mass is 10.1. The van der Waals surface area contributed by atoms with Crippen LogP contribution in [-0.2, 0) is 0 Å². The molecule has 138 valence electrons. The second-order valence-electron chi connectivity index (χ2n) is 5.98. The molecule has 4 rings (SSSR count). The smallest absolute Gasteiger partial charge is 0.273 e. The maximum Gasteiger partial charge on any atom is 0.273 e. The number of para-hydroxylation sites is 1. The second-order valence-corrected chi connectivity index (χ2v) is 6.90. The molecule has 8 heteroatoms. The highest BCUT2D eigenvalue weighted by Crippen LogP contribution is 2.19. The Kier molecular flexibility index (Phi) is 4.62. The van der Waals surface area contributed by atoms with Crippen molar-refractivity contribution in [1.29, 1.82) is 0 Å². The van der Waals surface area contributed by atoms with Crippen molar-refractivity contribution in [3.05, 3.63) is 81.9 Å². The molecule has 2 amide bonds. The Bertz CT molecular complexity index is 1310. The number of nitrogens with zero attached hydrogens (tertiary/aromatic N) is 2. The van der Waals surface area contributed by atoms with Crippen LogP contribution in [0.2, 0.25) is 0 Å². The zero-order valence-corrected chi connectivity index (χ0v) is 15.9. The van der Waals surface area contributed by atoms with Crippen molar-refractivity contribution in [2.24, 2.45) is 10.8 Å². The standard InChI is InChI=1S/C20H13BrN4O3/c21-14-5-6-17-12(8-14)9-15(18(22)26)20(28-17)25-24-19(27)13-7-11-3-1-2-4-16(11)23-10-13/h1-10H,(H2,22,26)(H,24,27)/b25-20-. The van der Waals surface area contributed by atoms with E-state index in [2.05, 4.69) is 31.4 Å². The monoisotopic (exact) mass is 436 g/mol. The van der Waals surface area contributed by atoms with E-state index < -0.39 is 11.8 Å². The molecule has 0 fully saturated rings. The Hall–Kier alpha value is -3.52. The first kappa shape index (κ1) is 17.9. The third kappa shape index (κ3) is 3.49. The van der Waals surface area contributed by atoms with E-state index in [1.807, 2.05) is 24.3 Å². The van der Waals surface area contributed by atoms with Gasteiger partial charge in [0.1, 0.15) is 11.1 Å². The Morgan fingerprint density at radius 2 is 1.89 bits per heavy atom. The van der Waals surface area contributed by atoms with Crippen molar-refractivity contribution in [3.8, 4) is 0 Å². The summed E-state index contributed by atoms with van der Waals surface area (Å²) >= 11 is 3.36. The summed E-state index contributed by atoms with van der Waals surface area (Å²) in [6.45, 7) is 0. The molecule has 0 spiro atoms. The number of primary amides is 1. The molecular weight excluding hydrogens is 424 g/mol. The third-order valence-corrected chi connectivity index (χ3v) is 4.58. The van der Waals surface area contributed by atoms with Gasteiger partial charge < -0.3 is 10.2 Å². The van der Waals surface area contributed by atoms with Gasteiger partial charge in [-0.25, -0.2) is 5.43 Å². The molecule has 2 aromatic carbocycles. The molecule has 0 atom stereocenters. The van der Waals surface area contributed by atoms with Crippen LogP contribution < -0.4 is 16.7 Å². The summed E-state index contributed by atoms with van der Waals surface area (Å²) in [4.78, 5) is 28.5. The lowest BCUT2D eigenvalue weighted by Gasteiger charge is -2.04. The molecule has 2 aromatic heterocycles. The molecule has 2 heterocycles. The summed E-state index contributed by atoms with van der Waals surface area (Å²) in [5.74, 6) is -1.20. The van der Waals surface area contributed by atoms with Crippen LogP contribution in [0.25, 0.3) is 21.9 Å². The predicted molar refractivity (Wildman–Crippen MR) is 107 cm³/mol. The van der Waals surface area contributed by atoms with Gasteiger partial charge in [0.2, 0.25) is 5.55 Å². The summed E-state index contributed by atoms with van der Waals surface area (Å²) in [6, 6.07) is 16.0. The molecule has 0 aliphatic carbocycles. The minimum atomic E-state index is -0.717. The number of nitrogens with two attached hydrogens (primary N) is 1. The molecule has 28 heavy (non-hydrogen) atoms. The van der Waals surface area contributed by atoms with Crippen LogP contribution in [0.4, 0.5) is 0 Å². The third-order valence-electron chi connectivity index (χ3n) is 4.09. The van der Waals surface area contributed by atoms with Gasteiger partial charge in [0, 0.05) is 21.4 Å². The highest BCUT2D eigenvalue weighted by Gasteiger charge is 2.11. The van der Waals surface area contributed by atoms with E-state index in [-0.39, 0.29) is 11.1 Å². The first-order valence-corrected chi connectivity index (χ1v) is 9.02. The molecule has 0 aliphatic rings. The normalized spacial score (nSPS) is 11.7. The zero-order chi connectivity index (χ0) is 19.7. The van der Waals surface area contributed by atoms with E-state index in [0.717, 1.165) is 15.4 Å². The average Bonchev–Trinajstić information content (AvgIpc) is 2.70. The lowest BCUT2D eigenvalue weighted by molar-refractivity contribution is 0.0946. The Labute approximate surface area is 167 Å². The Morgan fingerprint density at radius 3 is 2.71 bits per heavy atom. The fourth-order valence-electron chi connectivity index (χ4n) is 2.72. The Morgan fingerprint density at radius 1 is 1.07 bits per heavy atom. The number of hydrogen-bond acceptors (Lipinski definition) is 5. The van der Waals surface area contributed by atoms with Crippen molar-refractivity contribution in [3.63, 3.8) is 0 Å². The van der Waals surface area contributed by atoms with E-state index in [0.29, 0.717) is 16.5 Å². The van der Waals surface area contributed by atoms with Crippen LogP contribution in [0.15, 0.2) is 74.8 Å². The van der Waals surface area contributed by atoms with Crippen molar-refractivity contribution >= 4 is 49.6 Å². The molecule has 0 saturated carbocycles. The fraction of sp³-hybridized carbons (Fsp3) is 0. The topological polar surface area (TPSA) is 111 Å². The number of carbonyl (C=O) groups excluding carboxylic acids is 2. The quantitative estimate of drug-likeness (QED) is 0.480. The van der Waals surface area contributed by atoms with Crippen molar-refractivity contribution in [2.45, 2.75) is 0 Å². The largest absolute Gasteiger partial charge is 0.436 e. The molecule has 3 N–H and O–H groups in total. The summed E-state index contributed by atoms with van der Waals surface area (Å²) in [5, 5.41) is 5.45. The first-order chi connectivity index (χ1) is 13.5.